The zero-order chi connectivity index (χ0) is 8.85. The van der Waals surface area contributed by atoms with Gasteiger partial charge in [-0.1, -0.05) is 13.8 Å². The highest BCUT2D eigenvalue weighted by atomic mass is 16.2. The topological polar surface area (TPSA) is 72.2 Å². The fraction of sp³-hybridized carbons (Fsp3) is 0.714. The predicted octanol–water partition coefficient (Wildman–Crippen LogP) is 0.270. The molecule has 11 heavy (non-hydrogen) atoms. The van der Waals surface area contributed by atoms with Crippen LogP contribution in [0.4, 0.5) is 4.79 Å². The molecular weight excluding hydrogens is 144 g/mol. The second-order valence-electron chi connectivity index (χ2n) is 2.47. The van der Waals surface area contributed by atoms with Crippen LogP contribution in [0.3, 0.4) is 0 Å². The molecule has 2 amide bonds. The van der Waals surface area contributed by atoms with Crippen LogP contribution >= 0.6 is 0 Å². The molecule has 0 aromatic heterocycles. The first kappa shape index (κ1) is 9.94. The molecule has 4 heteroatoms. The van der Waals surface area contributed by atoms with E-state index in [1.807, 2.05) is 0 Å². The van der Waals surface area contributed by atoms with Crippen molar-refractivity contribution in [3.05, 3.63) is 0 Å². The molecule has 0 aromatic carbocycles. The molecule has 0 aliphatic rings. The van der Waals surface area contributed by atoms with E-state index in [1.165, 1.54) is 0 Å². The first-order chi connectivity index (χ1) is 5.07. The molecule has 0 fully saturated rings. The molecule has 1 unspecified atom stereocenters. The van der Waals surface area contributed by atoms with E-state index < -0.39 is 6.03 Å². The highest BCUT2D eigenvalue weighted by molar-refractivity contribution is 5.81. The van der Waals surface area contributed by atoms with Gasteiger partial charge in [0.05, 0.1) is 0 Å². The smallest absolute Gasteiger partial charge is 0.312 e. The third kappa shape index (κ3) is 4.36. The summed E-state index contributed by atoms with van der Waals surface area (Å²) in [4.78, 5) is 21.1. The Hall–Kier alpha value is -1.06. The Balaban J connectivity index is 3.60. The normalized spacial score (nSPS) is 12.2. The minimum absolute atomic E-state index is 0.132. The molecule has 4 nitrogen and oxygen atoms in total. The molecule has 0 heterocycles. The number of rotatable bonds is 4. The summed E-state index contributed by atoms with van der Waals surface area (Å²) in [5.41, 5.74) is 4.82. The molecule has 0 saturated heterocycles. The third-order valence-corrected chi connectivity index (χ3v) is 1.48. The number of ketones is 1. The van der Waals surface area contributed by atoms with Crippen LogP contribution in [-0.2, 0) is 4.79 Å². The highest BCUT2D eigenvalue weighted by Gasteiger charge is 2.10. The summed E-state index contributed by atoms with van der Waals surface area (Å²) in [6, 6.07) is -0.583. The van der Waals surface area contributed by atoms with Crippen molar-refractivity contribution in [3.8, 4) is 0 Å². The van der Waals surface area contributed by atoms with E-state index in [0.29, 0.717) is 13.0 Å². The number of urea groups is 1. The Morgan fingerprint density at radius 1 is 1.55 bits per heavy atom. The van der Waals surface area contributed by atoms with Crippen LogP contribution in [0, 0.1) is 5.92 Å². The molecule has 0 aromatic rings. The number of primary amides is 1. The van der Waals surface area contributed by atoms with Gasteiger partial charge in [0.2, 0.25) is 0 Å². The standard InChI is InChI=1S/C7H14N2O2/c1-3-6(10)5(2)4-9-7(8)11/h5H,3-4H2,1-2H3,(H3,8,9,11). The lowest BCUT2D eigenvalue weighted by Crippen LogP contribution is -2.35. The molecule has 0 aliphatic carbocycles. The average molecular weight is 158 g/mol. The van der Waals surface area contributed by atoms with Crippen molar-refractivity contribution in [2.24, 2.45) is 11.7 Å². The van der Waals surface area contributed by atoms with Crippen LogP contribution in [0.5, 0.6) is 0 Å². The second kappa shape index (κ2) is 4.71. The largest absolute Gasteiger partial charge is 0.352 e. The van der Waals surface area contributed by atoms with Crippen LogP contribution in [0.25, 0.3) is 0 Å². The van der Waals surface area contributed by atoms with E-state index in [4.69, 9.17) is 5.73 Å². The average Bonchev–Trinajstić information content (AvgIpc) is 1.98. The Morgan fingerprint density at radius 2 is 2.09 bits per heavy atom. The van der Waals surface area contributed by atoms with Crippen LogP contribution < -0.4 is 11.1 Å². The molecular formula is C7H14N2O2. The van der Waals surface area contributed by atoms with Crippen LogP contribution in [0.1, 0.15) is 20.3 Å². The SMILES string of the molecule is CCC(=O)C(C)CNC(N)=O. The number of hydrogen-bond acceptors (Lipinski definition) is 2. The number of amides is 2. The van der Waals surface area contributed by atoms with Gasteiger partial charge in [-0.15, -0.1) is 0 Å². The van der Waals surface area contributed by atoms with Gasteiger partial charge in [-0.25, -0.2) is 4.79 Å². The number of carbonyl (C=O) groups is 2. The Labute approximate surface area is 66.1 Å². The Bertz CT molecular complexity index is 157. The Kier molecular flexibility index (Phi) is 4.26. The van der Waals surface area contributed by atoms with Crippen LogP contribution in [-0.4, -0.2) is 18.4 Å². The zero-order valence-corrected chi connectivity index (χ0v) is 6.89. The van der Waals surface area contributed by atoms with Crippen LogP contribution in [0.2, 0.25) is 0 Å². The third-order valence-electron chi connectivity index (χ3n) is 1.48. The van der Waals surface area contributed by atoms with Gasteiger partial charge < -0.3 is 11.1 Å². The molecule has 0 rings (SSSR count). The van der Waals surface area contributed by atoms with Gasteiger partial charge in [-0.3, -0.25) is 4.79 Å². The van der Waals surface area contributed by atoms with Crippen molar-refractivity contribution in [2.45, 2.75) is 20.3 Å². The van der Waals surface area contributed by atoms with Gasteiger partial charge in [0, 0.05) is 18.9 Å². The number of nitrogens with one attached hydrogen (secondary N) is 1. The fourth-order valence-corrected chi connectivity index (χ4v) is 0.716. The van der Waals surface area contributed by atoms with E-state index in [1.54, 1.807) is 13.8 Å². The fourth-order valence-electron chi connectivity index (χ4n) is 0.716. The lowest BCUT2D eigenvalue weighted by molar-refractivity contribution is -0.121. The predicted molar refractivity (Wildman–Crippen MR) is 42.0 cm³/mol. The van der Waals surface area contributed by atoms with E-state index >= 15 is 0 Å². The molecule has 3 N–H and O–H groups in total. The van der Waals surface area contributed by atoms with Crippen molar-refractivity contribution < 1.29 is 9.59 Å². The first-order valence-corrected chi connectivity index (χ1v) is 3.64. The summed E-state index contributed by atoms with van der Waals surface area (Å²) >= 11 is 0. The van der Waals surface area contributed by atoms with Crippen molar-refractivity contribution in [1.29, 1.82) is 0 Å². The van der Waals surface area contributed by atoms with Gasteiger partial charge in [0.25, 0.3) is 0 Å². The summed E-state index contributed by atoms with van der Waals surface area (Å²) in [6.07, 6.45) is 0.502. The van der Waals surface area contributed by atoms with Crippen molar-refractivity contribution >= 4 is 11.8 Å². The van der Waals surface area contributed by atoms with Gasteiger partial charge in [-0.2, -0.15) is 0 Å². The lowest BCUT2D eigenvalue weighted by atomic mass is 10.1. The van der Waals surface area contributed by atoms with Crippen molar-refractivity contribution in [3.63, 3.8) is 0 Å². The molecule has 64 valence electrons. The maximum atomic E-state index is 10.9. The van der Waals surface area contributed by atoms with Gasteiger partial charge >= 0.3 is 6.03 Å². The highest BCUT2D eigenvalue weighted by Crippen LogP contribution is 1.97. The molecule has 0 spiro atoms. The molecule has 1 atom stereocenters. The van der Waals surface area contributed by atoms with Crippen molar-refractivity contribution in [2.75, 3.05) is 6.54 Å². The minimum atomic E-state index is -0.583. The van der Waals surface area contributed by atoms with Crippen molar-refractivity contribution in [1.82, 2.24) is 5.32 Å². The van der Waals surface area contributed by atoms with E-state index in [9.17, 15) is 9.59 Å². The van der Waals surface area contributed by atoms with Gasteiger partial charge in [-0.05, 0) is 0 Å². The zero-order valence-electron chi connectivity index (χ0n) is 6.89. The summed E-state index contributed by atoms with van der Waals surface area (Å²) in [7, 11) is 0. The lowest BCUT2D eigenvalue weighted by Gasteiger charge is -2.07. The maximum Gasteiger partial charge on any atom is 0.312 e. The summed E-state index contributed by atoms with van der Waals surface area (Å²) in [5, 5.41) is 2.38. The number of nitrogens with two attached hydrogens (primary N) is 1. The van der Waals surface area contributed by atoms with Crippen LogP contribution in [0.15, 0.2) is 0 Å². The van der Waals surface area contributed by atoms with E-state index in [2.05, 4.69) is 5.32 Å². The van der Waals surface area contributed by atoms with E-state index in [-0.39, 0.29) is 11.7 Å². The van der Waals surface area contributed by atoms with E-state index in [0.717, 1.165) is 0 Å². The first-order valence-electron chi connectivity index (χ1n) is 3.64. The molecule has 0 saturated carbocycles. The minimum Gasteiger partial charge on any atom is -0.352 e. The quantitative estimate of drug-likeness (QED) is 0.616. The second-order valence-corrected chi connectivity index (χ2v) is 2.47. The maximum absolute atomic E-state index is 10.9. The van der Waals surface area contributed by atoms with Gasteiger partial charge in [0.1, 0.15) is 5.78 Å². The number of hydrogen-bond donors (Lipinski definition) is 2. The summed E-state index contributed by atoms with van der Waals surface area (Å²) in [6.45, 7) is 3.90. The summed E-state index contributed by atoms with van der Waals surface area (Å²) < 4.78 is 0. The number of carbonyl (C=O) groups excluding carboxylic acids is 2. The molecule has 0 bridgehead atoms. The molecule has 0 aliphatic heterocycles. The number of Topliss-reactive ketones (excluding diaryl/α,β-unsaturated/α-hetero) is 1. The monoisotopic (exact) mass is 158 g/mol. The Morgan fingerprint density at radius 3 is 2.45 bits per heavy atom. The van der Waals surface area contributed by atoms with Gasteiger partial charge in [0.15, 0.2) is 0 Å². The summed E-state index contributed by atoms with van der Waals surface area (Å²) in [5.74, 6) is 0.00579. The molecule has 0 radical (unpaired) electrons.